The number of aliphatic hydroxyl groups is 1. The third-order valence-electron chi connectivity index (χ3n) is 6.47. The van der Waals surface area contributed by atoms with Gasteiger partial charge in [-0.2, -0.15) is 0 Å². The Bertz CT molecular complexity index is 925. The summed E-state index contributed by atoms with van der Waals surface area (Å²) in [4.78, 5) is 14.2. The molecule has 0 radical (unpaired) electrons. The normalized spacial score (nSPS) is 23.6. The molecule has 2 aromatic carbocycles. The summed E-state index contributed by atoms with van der Waals surface area (Å²) in [6.45, 7) is 8.00. The van der Waals surface area contributed by atoms with Crippen LogP contribution >= 0.6 is 0 Å². The summed E-state index contributed by atoms with van der Waals surface area (Å²) in [7, 11) is 3.18. The van der Waals surface area contributed by atoms with Crippen LogP contribution in [0.4, 0.5) is 4.79 Å². The lowest BCUT2D eigenvalue weighted by Crippen LogP contribution is -2.57. The van der Waals surface area contributed by atoms with Crippen LogP contribution in [0.3, 0.4) is 0 Å². The van der Waals surface area contributed by atoms with E-state index >= 15 is 0 Å². The number of carbonyl (C=O) groups is 1. The van der Waals surface area contributed by atoms with Gasteiger partial charge in [0.1, 0.15) is 0 Å². The molecule has 0 spiro atoms. The lowest BCUT2D eigenvalue weighted by molar-refractivity contribution is -0.145. The van der Waals surface area contributed by atoms with Gasteiger partial charge in [-0.1, -0.05) is 50.2 Å². The molecular formula is C25H33NO5. The summed E-state index contributed by atoms with van der Waals surface area (Å²) in [5.41, 5.74) is -0.695. The van der Waals surface area contributed by atoms with Gasteiger partial charge in [0.2, 0.25) is 0 Å². The summed E-state index contributed by atoms with van der Waals surface area (Å²) < 4.78 is 16.4. The number of cyclic esters (lactones) is 1. The molecule has 0 aromatic heterocycles. The molecule has 1 saturated heterocycles. The number of hydrogen-bond acceptors (Lipinski definition) is 5. The van der Waals surface area contributed by atoms with Crippen LogP contribution in [0.1, 0.15) is 45.2 Å². The zero-order valence-electron chi connectivity index (χ0n) is 19.3. The van der Waals surface area contributed by atoms with Crippen molar-refractivity contribution in [2.45, 2.75) is 57.3 Å². The third kappa shape index (κ3) is 4.35. The molecular weight excluding hydrogens is 394 g/mol. The molecule has 1 aliphatic heterocycles. The molecule has 2 aromatic rings. The third-order valence-corrected chi connectivity index (χ3v) is 6.47. The number of carbonyl (C=O) groups excluding carboxylic acids is 1. The van der Waals surface area contributed by atoms with Crippen LogP contribution in [0.5, 0.6) is 11.5 Å². The van der Waals surface area contributed by atoms with Crippen molar-refractivity contribution in [3.05, 3.63) is 59.7 Å². The van der Waals surface area contributed by atoms with Crippen molar-refractivity contribution in [3.8, 4) is 11.5 Å². The highest BCUT2D eigenvalue weighted by atomic mass is 16.6. The van der Waals surface area contributed by atoms with Crippen molar-refractivity contribution in [1.29, 1.82) is 0 Å². The molecule has 31 heavy (non-hydrogen) atoms. The first kappa shape index (κ1) is 22.9. The van der Waals surface area contributed by atoms with Crippen LogP contribution in [0, 0.1) is 0 Å². The van der Waals surface area contributed by atoms with Gasteiger partial charge in [-0.3, -0.25) is 4.90 Å². The maximum absolute atomic E-state index is 12.8. The Morgan fingerprint density at radius 3 is 2.29 bits per heavy atom. The number of nitrogens with zero attached hydrogens (tertiary/aromatic N) is 1. The lowest BCUT2D eigenvalue weighted by atomic mass is 9.72. The molecule has 1 aliphatic rings. The Hall–Kier alpha value is -2.73. The molecule has 6 heteroatoms. The molecule has 3 rings (SSSR count). The summed E-state index contributed by atoms with van der Waals surface area (Å²) in [5, 5.41) is 11.5. The van der Waals surface area contributed by atoms with Gasteiger partial charge in [0.25, 0.3) is 0 Å². The molecule has 0 aliphatic carbocycles. The number of hydrogen-bond donors (Lipinski definition) is 1. The predicted octanol–water partition coefficient (Wildman–Crippen LogP) is 4.53. The van der Waals surface area contributed by atoms with Crippen LogP contribution in [-0.2, 0) is 16.6 Å². The first-order valence-electron chi connectivity index (χ1n) is 10.5. The van der Waals surface area contributed by atoms with Gasteiger partial charge in [-0.25, -0.2) is 4.79 Å². The van der Waals surface area contributed by atoms with E-state index in [1.807, 2.05) is 43.3 Å². The summed E-state index contributed by atoms with van der Waals surface area (Å²) >= 11 is 0. The Labute approximate surface area is 184 Å². The number of benzene rings is 2. The van der Waals surface area contributed by atoms with Crippen LogP contribution < -0.4 is 9.47 Å². The fourth-order valence-electron chi connectivity index (χ4n) is 4.43. The topological polar surface area (TPSA) is 68.2 Å². The SMILES string of the molecule is COc1ccc(CCN2C(=O)O[C@](C)(CC(C)(C)c3ccccc3)[C@@]2(C)O)cc1OC. The second-order valence-electron chi connectivity index (χ2n) is 9.14. The van der Waals surface area contributed by atoms with E-state index in [4.69, 9.17) is 14.2 Å². The number of rotatable bonds is 8. The van der Waals surface area contributed by atoms with Crippen LogP contribution in [0.15, 0.2) is 48.5 Å². The fourth-order valence-corrected chi connectivity index (χ4v) is 4.43. The molecule has 0 bridgehead atoms. The molecule has 0 unspecified atom stereocenters. The van der Waals surface area contributed by atoms with E-state index < -0.39 is 17.4 Å². The monoisotopic (exact) mass is 427 g/mol. The number of methoxy groups -OCH3 is 2. The average molecular weight is 428 g/mol. The predicted molar refractivity (Wildman–Crippen MR) is 120 cm³/mol. The van der Waals surface area contributed by atoms with Crippen molar-refractivity contribution >= 4 is 6.09 Å². The molecule has 6 nitrogen and oxygen atoms in total. The van der Waals surface area contributed by atoms with Gasteiger partial charge < -0.3 is 19.3 Å². The Kier molecular flexibility index (Phi) is 6.23. The van der Waals surface area contributed by atoms with E-state index in [0.717, 1.165) is 11.1 Å². The van der Waals surface area contributed by atoms with Crippen molar-refractivity contribution < 1.29 is 24.1 Å². The van der Waals surface area contributed by atoms with E-state index in [-0.39, 0.29) is 5.41 Å². The van der Waals surface area contributed by atoms with Crippen molar-refractivity contribution in [1.82, 2.24) is 4.90 Å². The minimum absolute atomic E-state index is 0.292. The Morgan fingerprint density at radius 1 is 1.03 bits per heavy atom. The highest BCUT2D eigenvalue weighted by Gasteiger charge is 2.60. The average Bonchev–Trinajstić information content (AvgIpc) is 2.89. The van der Waals surface area contributed by atoms with Gasteiger partial charge in [-0.05, 0) is 48.9 Å². The fraction of sp³-hybridized carbons (Fsp3) is 0.480. The standard InChI is InChI=1S/C25H33NO5/c1-23(2,19-10-8-7-9-11-19)17-24(3)25(4,28)26(22(27)31-24)15-14-18-12-13-20(29-5)21(16-18)30-6/h7-13,16,28H,14-15,17H2,1-6H3/t24-,25-/m1/s1. The van der Waals surface area contributed by atoms with E-state index in [1.54, 1.807) is 21.1 Å². The summed E-state index contributed by atoms with van der Waals surface area (Å²) in [5.74, 6) is 1.28. The smallest absolute Gasteiger partial charge is 0.412 e. The highest BCUT2D eigenvalue weighted by molar-refractivity contribution is 5.72. The Morgan fingerprint density at radius 2 is 1.68 bits per heavy atom. The number of amides is 1. The molecule has 168 valence electrons. The zero-order valence-corrected chi connectivity index (χ0v) is 19.3. The second-order valence-corrected chi connectivity index (χ2v) is 9.14. The molecule has 1 fully saturated rings. The summed E-state index contributed by atoms with van der Waals surface area (Å²) in [6.07, 6.45) is 0.524. The van der Waals surface area contributed by atoms with E-state index in [1.165, 1.54) is 4.90 Å². The van der Waals surface area contributed by atoms with Crippen molar-refractivity contribution in [2.24, 2.45) is 0 Å². The van der Waals surface area contributed by atoms with Gasteiger partial charge in [0.05, 0.1) is 14.2 Å². The highest BCUT2D eigenvalue weighted by Crippen LogP contribution is 2.45. The number of ether oxygens (including phenoxy) is 3. The molecule has 1 heterocycles. The second kappa shape index (κ2) is 8.42. The van der Waals surface area contributed by atoms with Gasteiger partial charge in [0, 0.05) is 13.0 Å². The van der Waals surface area contributed by atoms with Crippen LogP contribution in [0.25, 0.3) is 0 Å². The van der Waals surface area contributed by atoms with Crippen LogP contribution in [-0.4, -0.2) is 48.2 Å². The molecule has 1 amide bonds. The van der Waals surface area contributed by atoms with Crippen molar-refractivity contribution in [2.75, 3.05) is 20.8 Å². The quantitative estimate of drug-likeness (QED) is 0.670. The van der Waals surface area contributed by atoms with Gasteiger partial charge in [-0.15, -0.1) is 0 Å². The lowest BCUT2D eigenvalue weighted by Gasteiger charge is -2.42. The maximum atomic E-state index is 12.8. The van der Waals surface area contributed by atoms with E-state index in [2.05, 4.69) is 26.0 Å². The van der Waals surface area contributed by atoms with Gasteiger partial charge >= 0.3 is 6.09 Å². The summed E-state index contributed by atoms with van der Waals surface area (Å²) in [6, 6.07) is 15.7. The van der Waals surface area contributed by atoms with E-state index in [0.29, 0.717) is 30.9 Å². The molecule has 2 atom stereocenters. The van der Waals surface area contributed by atoms with Crippen molar-refractivity contribution in [3.63, 3.8) is 0 Å². The first-order chi connectivity index (χ1) is 14.5. The zero-order chi connectivity index (χ0) is 22.9. The van der Waals surface area contributed by atoms with E-state index in [9.17, 15) is 9.90 Å². The molecule has 0 saturated carbocycles. The minimum atomic E-state index is -1.45. The maximum Gasteiger partial charge on any atom is 0.412 e. The largest absolute Gasteiger partial charge is 0.493 e. The first-order valence-corrected chi connectivity index (χ1v) is 10.5. The van der Waals surface area contributed by atoms with Crippen LogP contribution in [0.2, 0.25) is 0 Å². The molecule has 1 N–H and O–H groups in total. The minimum Gasteiger partial charge on any atom is -0.493 e. The van der Waals surface area contributed by atoms with Gasteiger partial charge in [0.15, 0.2) is 22.8 Å². The Balaban J connectivity index is 1.77.